The van der Waals surface area contributed by atoms with Crippen molar-refractivity contribution in [3.63, 3.8) is 0 Å². The van der Waals surface area contributed by atoms with E-state index >= 15 is 0 Å². The first kappa shape index (κ1) is 15.0. The molecule has 2 rings (SSSR count). The maximum Gasteiger partial charge on any atom is 0.303 e. The Kier molecular flexibility index (Phi) is 3.90. The van der Waals surface area contributed by atoms with Crippen molar-refractivity contribution in [2.24, 2.45) is 17.3 Å². The second kappa shape index (κ2) is 5.19. The Morgan fingerprint density at radius 1 is 1.45 bits per heavy atom. The summed E-state index contributed by atoms with van der Waals surface area (Å²) in [6.45, 7) is 11.7. The van der Waals surface area contributed by atoms with E-state index < -0.39 is 6.10 Å². The fourth-order valence-corrected chi connectivity index (χ4v) is 3.69. The highest BCUT2D eigenvalue weighted by molar-refractivity contribution is 5.99. The lowest BCUT2D eigenvalue weighted by Crippen LogP contribution is -2.54. The van der Waals surface area contributed by atoms with Crippen molar-refractivity contribution in [3.8, 4) is 0 Å². The van der Waals surface area contributed by atoms with Crippen LogP contribution in [0.3, 0.4) is 0 Å². The van der Waals surface area contributed by atoms with Gasteiger partial charge in [0.1, 0.15) is 0 Å². The normalized spacial score (nSPS) is 35.6. The van der Waals surface area contributed by atoms with Gasteiger partial charge in [-0.25, -0.2) is 0 Å². The molecule has 0 aromatic rings. The van der Waals surface area contributed by atoms with Crippen LogP contribution in [0, 0.1) is 17.3 Å². The van der Waals surface area contributed by atoms with Crippen LogP contribution in [-0.4, -0.2) is 17.9 Å². The highest BCUT2D eigenvalue weighted by Crippen LogP contribution is 2.56. The van der Waals surface area contributed by atoms with Crippen molar-refractivity contribution >= 4 is 11.8 Å². The van der Waals surface area contributed by atoms with E-state index in [2.05, 4.69) is 20.4 Å². The zero-order valence-electron chi connectivity index (χ0n) is 12.9. The van der Waals surface area contributed by atoms with E-state index in [4.69, 9.17) is 4.74 Å². The second-order valence-corrected chi connectivity index (χ2v) is 6.80. The highest BCUT2D eigenvalue weighted by Gasteiger charge is 2.55. The maximum absolute atomic E-state index is 12.6. The fourth-order valence-electron chi connectivity index (χ4n) is 3.69. The van der Waals surface area contributed by atoms with Crippen molar-refractivity contribution < 1.29 is 14.3 Å². The summed E-state index contributed by atoms with van der Waals surface area (Å²) in [5.41, 5.74) is 1.89. The standard InChI is InChI=1S/C17H24O3/c1-10-7-6-8-11(2)15(19)16(20-12(3)18)14-13(10)9-17(14,4)5/h8,13-14,16H,1,6-7,9H2,2-5H3/b11-8-/t13-,14+,16-/m1/s1. The summed E-state index contributed by atoms with van der Waals surface area (Å²) in [5.74, 6) is -0.0921. The molecule has 0 unspecified atom stereocenters. The van der Waals surface area contributed by atoms with Gasteiger partial charge in [-0.15, -0.1) is 0 Å². The van der Waals surface area contributed by atoms with Gasteiger partial charge in [-0.2, -0.15) is 0 Å². The summed E-state index contributed by atoms with van der Waals surface area (Å²) < 4.78 is 5.41. The molecule has 0 aromatic heterocycles. The first-order chi connectivity index (χ1) is 9.24. The van der Waals surface area contributed by atoms with E-state index in [9.17, 15) is 9.59 Å². The largest absolute Gasteiger partial charge is 0.454 e. The number of fused-ring (bicyclic) bond motifs is 1. The van der Waals surface area contributed by atoms with E-state index in [1.54, 1.807) is 0 Å². The Hall–Kier alpha value is -1.38. The third kappa shape index (κ3) is 2.58. The number of ketones is 1. The molecular weight excluding hydrogens is 252 g/mol. The van der Waals surface area contributed by atoms with Crippen LogP contribution in [0.25, 0.3) is 0 Å². The number of carbonyl (C=O) groups excluding carboxylic acids is 2. The fraction of sp³-hybridized carbons (Fsp3) is 0.647. The molecule has 0 amide bonds. The number of hydrogen-bond donors (Lipinski definition) is 0. The number of esters is 1. The molecule has 3 atom stereocenters. The monoisotopic (exact) mass is 276 g/mol. The Morgan fingerprint density at radius 2 is 2.10 bits per heavy atom. The first-order valence-corrected chi connectivity index (χ1v) is 7.30. The van der Waals surface area contributed by atoms with Crippen LogP contribution in [0.2, 0.25) is 0 Å². The van der Waals surface area contributed by atoms with Gasteiger partial charge < -0.3 is 4.74 Å². The lowest BCUT2D eigenvalue weighted by molar-refractivity contribution is -0.168. The summed E-state index contributed by atoms with van der Waals surface area (Å²) in [7, 11) is 0. The van der Waals surface area contributed by atoms with Crippen molar-refractivity contribution in [2.45, 2.75) is 53.1 Å². The predicted molar refractivity (Wildman–Crippen MR) is 78.1 cm³/mol. The number of hydrogen-bond acceptors (Lipinski definition) is 3. The molecule has 0 radical (unpaired) electrons. The molecule has 0 bridgehead atoms. The van der Waals surface area contributed by atoms with Gasteiger partial charge in [0, 0.05) is 12.8 Å². The molecule has 3 heteroatoms. The quantitative estimate of drug-likeness (QED) is 0.544. The SMILES string of the molecule is C=C1CC/C=C(/C)C(=O)[C@H](OC(C)=O)[C@@H]2[C@@H]1CC2(C)C. The van der Waals surface area contributed by atoms with Gasteiger partial charge in [0.2, 0.25) is 0 Å². The van der Waals surface area contributed by atoms with Gasteiger partial charge in [0.25, 0.3) is 0 Å². The molecule has 0 aliphatic heterocycles. The molecule has 0 aromatic carbocycles. The first-order valence-electron chi connectivity index (χ1n) is 7.30. The van der Waals surface area contributed by atoms with Crippen LogP contribution >= 0.6 is 0 Å². The van der Waals surface area contributed by atoms with Crippen LogP contribution in [0.15, 0.2) is 23.8 Å². The molecule has 0 spiro atoms. The molecule has 110 valence electrons. The molecule has 1 saturated carbocycles. The number of ether oxygens (including phenoxy) is 1. The number of rotatable bonds is 1. The zero-order valence-corrected chi connectivity index (χ0v) is 12.9. The van der Waals surface area contributed by atoms with Gasteiger partial charge in [-0.05, 0) is 43.1 Å². The van der Waals surface area contributed by atoms with Crippen molar-refractivity contribution in [1.82, 2.24) is 0 Å². The van der Waals surface area contributed by atoms with Crippen LogP contribution in [-0.2, 0) is 14.3 Å². The third-order valence-electron chi connectivity index (χ3n) is 4.79. The zero-order chi connectivity index (χ0) is 15.1. The summed E-state index contributed by atoms with van der Waals surface area (Å²) in [5, 5.41) is 0. The van der Waals surface area contributed by atoms with Gasteiger partial charge in [0.05, 0.1) is 0 Å². The summed E-state index contributed by atoms with van der Waals surface area (Å²) in [4.78, 5) is 24.0. The Bertz CT molecular complexity index is 484. The van der Waals surface area contributed by atoms with Gasteiger partial charge in [-0.1, -0.05) is 32.1 Å². The molecule has 1 fully saturated rings. The van der Waals surface area contributed by atoms with Crippen LogP contribution in [0.1, 0.15) is 47.0 Å². The minimum atomic E-state index is -0.660. The van der Waals surface area contributed by atoms with Crippen LogP contribution in [0.4, 0.5) is 0 Å². The van der Waals surface area contributed by atoms with Crippen LogP contribution in [0.5, 0.6) is 0 Å². The highest BCUT2D eigenvalue weighted by atomic mass is 16.5. The van der Waals surface area contributed by atoms with Crippen molar-refractivity contribution in [3.05, 3.63) is 23.8 Å². The molecule has 2 aliphatic carbocycles. The van der Waals surface area contributed by atoms with E-state index in [1.807, 2.05) is 13.0 Å². The smallest absolute Gasteiger partial charge is 0.303 e. The average Bonchev–Trinajstić information content (AvgIpc) is 2.35. The lowest BCUT2D eigenvalue weighted by Gasteiger charge is -2.54. The van der Waals surface area contributed by atoms with E-state index in [1.165, 1.54) is 12.5 Å². The summed E-state index contributed by atoms with van der Waals surface area (Å²) >= 11 is 0. The van der Waals surface area contributed by atoms with Crippen LogP contribution < -0.4 is 0 Å². The molecule has 0 heterocycles. The minimum absolute atomic E-state index is 0.00794. The predicted octanol–water partition coefficient (Wildman–Crippen LogP) is 3.45. The molecule has 20 heavy (non-hydrogen) atoms. The van der Waals surface area contributed by atoms with Gasteiger partial charge >= 0.3 is 5.97 Å². The summed E-state index contributed by atoms with van der Waals surface area (Å²) in [6.07, 6.45) is 4.05. The van der Waals surface area contributed by atoms with E-state index in [-0.39, 0.29) is 29.0 Å². The third-order valence-corrected chi connectivity index (χ3v) is 4.79. The molecule has 2 aliphatic rings. The van der Waals surface area contributed by atoms with Gasteiger partial charge in [0.15, 0.2) is 11.9 Å². The maximum atomic E-state index is 12.6. The number of Topliss-reactive ketones (excluding diaryl/α,β-unsaturated/α-hetero) is 1. The molecule has 0 N–H and O–H groups in total. The summed E-state index contributed by atoms with van der Waals surface area (Å²) in [6, 6.07) is 0. The number of allylic oxidation sites excluding steroid dienone is 2. The van der Waals surface area contributed by atoms with Crippen molar-refractivity contribution in [2.75, 3.05) is 0 Å². The second-order valence-electron chi connectivity index (χ2n) is 6.80. The topological polar surface area (TPSA) is 43.4 Å². The van der Waals surface area contributed by atoms with Gasteiger partial charge in [-0.3, -0.25) is 9.59 Å². The Balaban J connectivity index is 2.40. The average molecular weight is 276 g/mol. The van der Waals surface area contributed by atoms with E-state index in [0.717, 1.165) is 19.3 Å². The Labute approximate surface area is 121 Å². The molecular formula is C17H24O3. The van der Waals surface area contributed by atoms with Crippen molar-refractivity contribution in [1.29, 1.82) is 0 Å². The number of carbonyl (C=O) groups is 2. The van der Waals surface area contributed by atoms with E-state index in [0.29, 0.717) is 5.57 Å². The molecule has 3 nitrogen and oxygen atoms in total. The molecule has 0 saturated heterocycles. The Morgan fingerprint density at radius 3 is 2.65 bits per heavy atom. The lowest BCUT2D eigenvalue weighted by atomic mass is 9.51. The minimum Gasteiger partial charge on any atom is -0.454 e.